The topological polar surface area (TPSA) is 0 Å². The van der Waals surface area contributed by atoms with Crippen LogP contribution in [0.3, 0.4) is 0 Å². The van der Waals surface area contributed by atoms with E-state index < -0.39 is 0 Å². The molecule has 9 heteroatoms. The van der Waals surface area contributed by atoms with Crippen molar-refractivity contribution in [2.24, 2.45) is 0 Å². The maximum Gasteiger partial charge on any atom is 0.0789 e. The second-order valence-corrected chi connectivity index (χ2v) is 18.4. The van der Waals surface area contributed by atoms with Gasteiger partial charge < -0.3 is 0 Å². The minimum Gasteiger partial charge on any atom is -0.133 e. The fraction of sp³-hybridized carbons (Fsp3) is 0.0667. The quantitative estimate of drug-likeness (QED) is 0.162. The summed E-state index contributed by atoms with van der Waals surface area (Å²) in [5.41, 5.74) is 0. The molecule has 0 atom stereocenters. The first-order valence-electron chi connectivity index (χ1n) is 11.9. The molecular formula is C30H12S9. The van der Waals surface area contributed by atoms with Crippen LogP contribution in [-0.4, -0.2) is 0 Å². The molecule has 0 saturated heterocycles. The van der Waals surface area contributed by atoms with Crippen LogP contribution in [-0.2, 0) is 0 Å². The molecule has 0 saturated carbocycles. The van der Waals surface area contributed by atoms with Gasteiger partial charge in [-0.15, -0.1) is 114 Å². The maximum atomic E-state index is 3.23. The molecule has 9 heterocycles. The lowest BCUT2D eigenvalue weighted by Gasteiger charge is -1.88. The molecule has 0 fully saturated rings. The molecule has 186 valence electrons. The lowest BCUT2D eigenvalue weighted by Crippen LogP contribution is -1.58. The zero-order chi connectivity index (χ0) is 25.8. The van der Waals surface area contributed by atoms with Gasteiger partial charge in [0.05, 0.1) is 38.0 Å². The van der Waals surface area contributed by atoms with Crippen molar-refractivity contribution in [1.29, 1.82) is 0 Å². The van der Waals surface area contributed by atoms with Crippen molar-refractivity contribution in [3.8, 4) is 43.2 Å². The zero-order valence-corrected chi connectivity index (χ0v) is 27.5. The molecule has 0 amide bonds. The highest BCUT2D eigenvalue weighted by molar-refractivity contribution is 7.44. The Balaban J connectivity index is 1.11. The number of hydrogen-bond donors (Lipinski definition) is 0. The van der Waals surface area contributed by atoms with E-state index in [2.05, 4.69) is 60.1 Å². The highest BCUT2D eigenvalue weighted by Crippen LogP contribution is 2.53. The SMILES string of the molecule is CC#Cc1cc2sc3cc(-c4cc5sc6cc(-c7cc8sc9cc(C#CC)sc9c8s7)sc6c5s4)sc3c2s1. The Morgan fingerprint density at radius 1 is 0.359 bits per heavy atom. The predicted octanol–water partition coefficient (Wildman–Crippen LogP) is 13.2. The Morgan fingerprint density at radius 3 is 0.949 bits per heavy atom. The lowest BCUT2D eigenvalue weighted by atomic mass is 10.3. The van der Waals surface area contributed by atoms with Crippen LogP contribution in [0.25, 0.3) is 75.9 Å². The molecule has 0 nitrogen and oxygen atoms in total. The molecule has 9 aromatic heterocycles. The average Bonchev–Trinajstić information content (AvgIpc) is 3.69. The number of rotatable bonds is 2. The van der Waals surface area contributed by atoms with Crippen molar-refractivity contribution in [1.82, 2.24) is 0 Å². The number of thiophene rings is 9. The van der Waals surface area contributed by atoms with E-state index in [4.69, 9.17) is 0 Å². The molecule has 0 bridgehead atoms. The average molecular weight is 661 g/mol. The summed E-state index contributed by atoms with van der Waals surface area (Å²) in [6.45, 7) is 3.82. The van der Waals surface area contributed by atoms with E-state index >= 15 is 0 Å². The van der Waals surface area contributed by atoms with Crippen LogP contribution in [0, 0.1) is 23.7 Å². The normalized spacial score (nSPS) is 11.9. The van der Waals surface area contributed by atoms with Crippen LogP contribution in [0.4, 0.5) is 0 Å². The van der Waals surface area contributed by atoms with E-state index in [-0.39, 0.29) is 0 Å². The Bertz CT molecular complexity index is 2360. The summed E-state index contributed by atoms with van der Waals surface area (Å²) in [6.07, 6.45) is 0. The van der Waals surface area contributed by atoms with Crippen LogP contribution >= 0.6 is 102 Å². The minimum absolute atomic E-state index is 1.17. The molecule has 0 unspecified atom stereocenters. The van der Waals surface area contributed by atoms with Crippen molar-refractivity contribution in [3.63, 3.8) is 0 Å². The van der Waals surface area contributed by atoms with E-state index in [0.717, 1.165) is 0 Å². The smallest absolute Gasteiger partial charge is 0.0789 e. The lowest BCUT2D eigenvalue weighted by molar-refractivity contribution is 1.89. The molecule has 9 rings (SSSR count). The zero-order valence-electron chi connectivity index (χ0n) is 20.1. The minimum atomic E-state index is 1.17. The molecule has 0 aliphatic heterocycles. The molecule has 0 aliphatic carbocycles. The number of hydrogen-bond acceptors (Lipinski definition) is 9. The monoisotopic (exact) mass is 660 g/mol. The first kappa shape index (κ1) is 23.7. The van der Waals surface area contributed by atoms with Crippen molar-refractivity contribution in [2.75, 3.05) is 0 Å². The van der Waals surface area contributed by atoms with Crippen LogP contribution in [0.5, 0.6) is 0 Å². The molecule has 0 N–H and O–H groups in total. The molecule has 0 spiro atoms. The highest BCUT2D eigenvalue weighted by Gasteiger charge is 2.20. The van der Waals surface area contributed by atoms with Gasteiger partial charge in [-0.25, -0.2) is 0 Å². The van der Waals surface area contributed by atoms with E-state index in [0.29, 0.717) is 0 Å². The molecule has 9 aromatic rings. The Kier molecular flexibility index (Phi) is 5.30. The van der Waals surface area contributed by atoms with Crippen molar-refractivity contribution in [2.45, 2.75) is 13.8 Å². The molecule has 0 aromatic carbocycles. The van der Waals surface area contributed by atoms with Crippen LogP contribution in [0.15, 0.2) is 36.4 Å². The van der Waals surface area contributed by atoms with E-state index in [9.17, 15) is 0 Å². The fourth-order valence-electron chi connectivity index (χ4n) is 4.86. The number of fused-ring (bicyclic) bond motifs is 9. The second-order valence-electron chi connectivity index (χ2n) is 8.88. The van der Waals surface area contributed by atoms with Gasteiger partial charge in [0.1, 0.15) is 0 Å². The van der Waals surface area contributed by atoms with Crippen LogP contribution < -0.4 is 0 Å². The van der Waals surface area contributed by atoms with Gasteiger partial charge in [-0.05, 0) is 50.2 Å². The van der Waals surface area contributed by atoms with Crippen LogP contribution in [0.2, 0.25) is 0 Å². The fourth-order valence-corrected chi connectivity index (χ4v) is 16.9. The van der Waals surface area contributed by atoms with E-state index in [1.54, 1.807) is 0 Å². The second kappa shape index (κ2) is 8.74. The van der Waals surface area contributed by atoms with Gasteiger partial charge in [-0.2, -0.15) is 0 Å². The largest absolute Gasteiger partial charge is 0.133 e. The summed E-state index contributed by atoms with van der Waals surface area (Å²) in [6, 6.07) is 14.1. The third-order valence-corrected chi connectivity index (χ3v) is 18.0. The maximum absolute atomic E-state index is 3.23. The van der Waals surface area contributed by atoms with Gasteiger partial charge in [0.2, 0.25) is 0 Å². The Labute approximate surface area is 259 Å². The predicted molar refractivity (Wildman–Crippen MR) is 188 cm³/mol. The highest BCUT2D eigenvalue weighted by atomic mass is 32.1. The Morgan fingerprint density at radius 2 is 0.641 bits per heavy atom. The summed E-state index contributed by atoms with van der Waals surface area (Å²) in [5, 5.41) is 0. The first-order valence-corrected chi connectivity index (χ1v) is 19.2. The van der Waals surface area contributed by atoms with Crippen molar-refractivity contribution >= 4 is 158 Å². The summed E-state index contributed by atoms with van der Waals surface area (Å²) >= 11 is 17.2. The summed E-state index contributed by atoms with van der Waals surface area (Å²) < 4.78 is 16.9. The van der Waals surface area contributed by atoms with Crippen molar-refractivity contribution < 1.29 is 0 Å². The van der Waals surface area contributed by atoms with E-state index in [1.165, 1.54) is 85.7 Å². The van der Waals surface area contributed by atoms with Gasteiger partial charge in [0, 0.05) is 47.7 Å². The summed E-state index contributed by atoms with van der Waals surface area (Å²) in [5.74, 6) is 12.5. The first-order chi connectivity index (χ1) is 19.1. The van der Waals surface area contributed by atoms with E-state index in [1.807, 2.05) is 116 Å². The molecular weight excluding hydrogens is 649 g/mol. The standard InChI is InChI=1S/C30H12S9/c1-3-5-13-7-19-25(31-13)27-21(33-19)9-15(36-27)17-11-23-29(38-17)30-24(35-23)12-18(39-30)16-10-22-28(37-16)26-20(34-22)8-14(32-26)6-4-2/h7-12H,1-2H3. The third-order valence-electron chi connectivity index (χ3n) is 6.45. The Hall–Kier alpha value is -2.02. The van der Waals surface area contributed by atoms with Gasteiger partial charge in [0.25, 0.3) is 0 Å². The molecule has 0 aliphatic rings. The van der Waals surface area contributed by atoms with Gasteiger partial charge in [-0.1, -0.05) is 11.8 Å². The van der Waals surface area contributed by atoms with Gasteiger partial charge in [0.15, 0.2) is 0 Å². The summed E-state index contributed by atoms with van der Waals surface area (Å²) in [7, 11) is 0. The third kappa shape index (κ3) is 3.56. The molecule has 0 radical (unpaired) electrons. The van der Waals surface area contributed by atoms with Gasteiger partial charge >= 0.3 is 0 Å². The van der Waals surface area contributed by atoms with Gasteiger partial charge in [-0.3, -0.25) is 0 Å². The summed E-state index contributed by atoms with van der Waals surface area (Å²) in [4.78, 5) is 7.90. The van der Waals surface area contributed by atoms with Crippen LogP contribution in [0.1, 0.15) is 23.6 Å². The van der Waals surface area contributed by atoms with Crippen molar-refractivity contribution in [3.05, 3.63) is 46.2 Å². The molecule has 39 heavy (non-hydrogen) atoms.